The van der Waals surface area contributed by atoms with Gasteiger partial charge in [0.25, 0.3) is 5.91 Å². The van der Waals surface area contributed by atoms with Gasteiger partial charge >= 0.3 is 0 Å². The number of halogens is 1. The molecule has 0 saturated heterocycles. The van der Waals surface area contributed by atoms with Crippen LogP contribution in [0.2, 0.25) is 5.02 Å². The number of hydrogen-bond donors (Lipinski definition) is 1. The maximum absolute atomic E-state index is 12.2. The van der Waals surface area contributed by atoms with E-state index in [2.05, 4.69) is 24.1 Å². The van der Waals surface area contributed by atoms with Gasteiger partial charge in [-0.3, -0.25) is 9.78 Å². The second kappa shape index (κ2) is 5.85. The van der Waals surface area contributed by atoms with Crippen LogP contribution < -0.4 is 5.32 Å². The molecule has 1 aromatic carbocycles. The monoisotopic (exact) mass is 274 g/mol. The Morgan fingerprint density at radius 3 is 2.68 bits per heavy atom. The van der Waals surface area contributed by atoms with Crippen molar-refractivity contribution in [2.75, 3.05) is 5.32 Å². The zero-order valence-electron chi connectivity index (χ0n) is 10.9. The van der Waals surface area contributed by atoms with Gasteiger partial charge in [0.2, 0.25) is 0 Å². The summed E-state index contributed by atoms with van der Waals surface area (Å²) in [5.41, 5.74) is 2.34. The fourth-order valence-corrected chi connectivity index (χ4v) is 2.07. The van der Waals surface area contributed by atoms with Gasteiger partial charge in [-0.15, -0.1) is 0 Å². The molecule has 0 aliphatic heterocycles. The van der Waals surface area contributed by atoms with Crippen LogP contribution in [-0.2, 0) is 0 Å². The predicted molar refractivity (Wildman–Crippen MR) is 77.7 cm³/mol. The lowest BCUT2D eigenvalue weighted by molar-refractivity contribution is 0.102. The minimum atomic E-state index is -0.222. The first-order valence-corrected chi connectivity index (χ1v) is 6.47. The van der Waals surface area contributed by atoms with E-state index in [1.54, 1.807) is 12.3 Å². The van der Waals surface area contributed by atoms with Crippen LogP contribution in [0.4, 0.5) is 5.69 Å². The number of nitrogens with one attached hydrogen (secondary N) is 1. The molecule has 0 fully saturated rings. The number of hydrogen-bond acceptors (Lipinski definition) is 2. The normalized spacial score (nSPS) is 10.5. The van der Waals surface area contributed by atoms with Gasteiger partial charge in [0.05, 0.1) is 10.6 Å². The topological polar surface area (TPSA) is 42.0 Å². The highest BCUT2D eigenvalue weighted by molar-refractivity contribution is 6.34. The Morgan fingerprint density at radius 1 is 1.26 bits per heavy atom. The SMILES string of the molecule is CC(C)c1ccccc1NC(=O)c1ccncc1Cl. The van der Waals surface area contributed by atoms with E-state index in [1.807, 2.05) is 24.3 Å². The summed E-state index contributed by atoms with van der Waals surface area (Å²) in [6.07, 6.45) is 3.01. The largest absolute Gasteiger partial charge is 0.322 e. The molecule has 0 saturated carbocycles. The van der Waals surface area contributed by atoms with Gasteiger partial charge in [0, 0.05) is 18.1 Å². The summed E-state index contributed by atoms with van der Waals surface area (Å²) >= 11 is 5.96. The predicted octanol–water partition coefficient (Wildman–Crippen LogP) is 4.11. The minimum Gasteiger partial charge on any atom is -0.322 e. The lowest BCUT2D eigenvalue weighted by atomic mass is 10.0. The van der Waals surface area contributed by atoms with E-state index in [-0.39, 0.29) is 5.91 Å². The Labute approximate surface area is 117 Å². The van der Waals surface area contributed by atoms with Crippen molar-refractivity contribution in [1.82, 2.24) is 4.98 Å². The van der Waals surface area contributed by atoms with Crippen molar-refractivity contribution >= 4 is 23.2 Å². The average Bonchev–Trinajstić information content (AvgIpc) is 2.39. The van der Waals surface area contributed by atoms with E-state index in [0.717, 1.165) is 11.3 Å². The summed E-state index contributed by atoms with van der Waals surface area (Å²) in [7, 11) is 0. The number of anilines is 1. The molecule has 0 bridgehead atoms. The molecule has 19 heavy (non-hydrogen) atoms. The molecule has 0 aliphatic carbocycles. The van der Waals surface area contributed by atoms with Gasteiger partial charge in [0.15, 0.2) is 0 Å². The van der Waals surface area contributed by atoms with Crippen molar-refractivity contribution in [2.24, 2.45) is 0 Å². The molecule has 2 rings (SSSR count). The molecule has 0 atom stereocenters. The molecule has 4 heteroatoms. The van der Waals surface area contributed by atoms with Gasteiger partial charge in [-0.1, -0.05) is 43.6 Å². The van der Waals surface area contributed by atoms with E-state index >= 15 is 0 Å². The van der Waals surface area contributed by atoms with Crippen LogP contribution in [0, 0.1) is 0 Å². The molecular weight excluding hydrogens is 260 g/mol. The zero-order chi connectivity index (χ0) is 13.8. The zero-order valence-corrected chi connectivity index (χ0v) is 11.6. The number of benzene rings is 1. The average molecular weight is 275 g/mol. The molecule has 98 valence electrons. The first kappa shape index (κ1) is 13.6. The Kier molecular flexibility index (Phi) is 4.17. The van der Waals surface area contributed by atoms with Crippen LogP contribution in [-0.4, -0.2) is 10.9 Å². The standard InChI is InChI=1S/C15H15ClN2O/c1-10(2)11-5-3-4-6-14(11)18-15(19)12-7-8-17-9-13(12)16/h3-10H,1-2H3,(H,18,19). The smallest absolute Gasteiger partial charge is 0.257 e. The third-order valence-corrected chi connectivity index (χ3v) is 3.15. The third-order valence-electron chi connectivity index (χ3n) is 2.85. The minimum absolute atomic E-state index is 0.222. The Morgan fingerprint density at radius 2 is 2.00 bits per heavy atom. The summed E-state index contributed by atoms with van der Waals surface area (Å²) < 4.78 is 0. The quantitative estimate of drug-likeness (QED) is 0.915. The molecule has 0 spiro atoms. The molecular formula is C15H15ClN2O. The van der Waals surface area contributed by atoms with Crippen LogP contribution in [0.5, 0.6) is 0 Å². The summed E-state index contributed by atoms with van der Waals surface area (Å²) in [5.74, 6) is 0.116. The van der Waals surface area contributed by atoms with Gasteiger partial charge in [-0.05, 0) is 23.6 Å². The number of carbonyl (C=O) groups is 1. The van der Waals surface area contributed by atoms with Crippen LogP contribution in [0.15, 0.2) is 42.7 Å². The highest BCUT2D eigenvalue weighted by Gasteiger charge is 2.13. The van der Waals surface area contributed by atoms with Crippen molar-refractivity contribution in [3.63, 3.8) is 0 Å². The van der Waals surface area contributed by atoms with Gasteiger partial charge < -0.3 is 5.32 Å². The third kappa shape index (κ3) is 3.12. The summed E-state index contributed by atoms with van der Waals surface area (Å²) in [6, 6.07) is 9.37. The van der Waals surface area contributed by atoms with Crippen LogP contribution in [0.25, 0.3) is 0 Å². The molecule has 0 unspecified atom stereocenters. The number of amides is 1. The molecule has 1 amide bonds. The molecule has 1 N–H and O–H groups in total. The van der Waals surface area contributed by atoms with Crippen LogP contribution >= 0.6 is 11.6 Å². The molecule has 1 heterocycles. The van der Waals surface area contributed by atoms with Crippen molar-refractivity contribution < 1.29 is 4.79 Å². The number of pyridine rings is 1. The van der Waals surface area contributed by atoms with Gasteiger partial charge in [-0.25, -0.2) is 0 Å². The highest BCUT2D eigenvalue weighted by atomic mass is 35.5. The molecule has 2 aromatic rings. The number of aromatic nitrogens is 1. The first-order chi connectivity index (χ1) is 9.09. The van der Waals surface area contributed by atoms with E-state index in [1.165, 1.54) is 6.20 Å². The fraction of sp³-hybridized carbons (Fsp3) is 0.200. The summed E-state index contributed by atoms with van der Waals surface area (Å²) in [4.78, 5) is 16.1. The number of rotatable bonds is 3. The van der Waals surface area contributed by atoms with Gasteiger partial charge in [-0.2, -0.15) is 0 Å². The lowest BCUT2D eigenvalue weighted by Crippen LogP contribution is -2.14. The van der Waals surface area contributed by atoms with Crippen LogP contribution in [0.3, 0.4) is 0 Å². The Bertz CT molecular complexity index is 596. The number of para-hydroxylation sites is 1. The van der Waals surface area contributed by atoms with Crippen molar-refractivity contribution in [2.45, 2.75) is 19.8 Å². The van der Waals surface area contributed by atoms with Crippen molar-refractivity contribution in [3.05, 3.63) is 58.9 Å². The summed E-state index contributed by atoms with van der Waals surface area (Å²) in [5, 5.41) is 3.25. The second-order valence-corrected chi connectivity index (χ2v) is 4.96. The first-order valence-electron chi connectivity index (χ1n) is 6.09. The fourth-order valence-electron chi connectivity index (χ4n) is 1.86. The lowest BCUT2D eigenvalue weighted by Gasteiger charge is -2.13. The highest BCUT2D eigenvalue weighted by Crippen LogP contribution is 2.25. The Balaban J connectivity index is 2.27. The summed E-state index contributed by atoms with van der Waals surface area (Å²) in [6.45, 7) is 4.18. The molecule has 0 aliphatic rings. The maximum Gasteiger partial charge on any atom is 0.257 e. The number of nitrogens with zero attached hydrogens (tertiary/aromatic N) is 1. The van der Waals surface area contributed by atoms with Crippen molar-refractivity contribution in [3.8, 4) is 0 Å². The molecule has 0 radical (unpaired) electrons. The van der Waals surface area contributed by atoms with E-state index in [4.69, 9.17) is 11.6 Å². The van der Waals surface area contributed by atoms with Gasteiger partial charge in [0.1, 0.15) is 0 Å². The molecule has 3 nitrogen and oxygen atoms in total. The Hall–Kier alpha value is -1.87. The van der Waals surface area contributed by atoms with Crippen molar-refractivity contribution in [1.29, 1.82) is 0 Å². The number of carbonyl (C=O) groups excluding carboxylic acids is 1. The maximum atomic E-state index is 12.2. The van der Waals surface area contributed by atoms with Crippen LogP contribution in [0.1, 0.15) is 35.7 Å². The van der Waals surface area contributed by atoms with E-state index in [9.17, 15) is 4.79 Å². The molecule has 1 aromatic heterocycles. The second-order valence-electron chi connectivity index (χ2n) is 4.55. The van der Waals surface area contributed by atoms with E-state index in [0.29, 0.717) is 16.5 Å². The van der Waals surface area contributed by atoms with E-state index < -0.39 is 0 Å².